The average Bonchev–Trinajstić information content (AvgIpc) is 2.86. The second-order valence-electron chi connectivity index (χ2n) is 3.55. The van der Waals surface area contributed by atoms with Crippen LogP contribution in [0.1, 0.15) is 31.5 Å². The standard InChI is InChI=1S/C9H14N6O/c1-2-3-4-8-11-9(16-13-8)6-15-5-7(10)12-14-15/h5H,2-4,6,10H2,1H3. The first-order valence-corrected chi connectivity index (χ1v) is 5.25. The topological polar surface area (TPSA) is 95.7 Å². The molecule has 0 unspecified atom stereocenters. The smallest absolute Gasteiger partial charge is 0.248 e. The first-order valence-electron chi connectivity index (χ1n) is 5.25. The van der Waals surface area contributed by atoms with E-state index < -0.39 is 0 Å². The van der Waals surface area contributed by atoms with E-state index in [9.17, 15) is 0 Å². The fourth-order valence-electron chi connectivity index (χ4n) is 1.32. The monoisotopic (exact) mass is 222 g/mol. The Morgan fingerprint density at radius 2 is 2.38 bits per heavy atom. The first-order chi connectivity index (χ1) is 7.78. The highest BCUT2D eigenvalue weighted by atomic mass is 16.5. The van der Waals surface area contributed by atoms with Gasteiger partial charge in [0, 0.05) is 6.42 Å². The minimum Gasteiger partial charge on any atom is -0.381 e. The molecule has 0 bridgehead atoms. The van der Waals surface area contributed by atoms with Crippen molar-refractivity contribution in [1.29, 1.82) is 0 Å². The Labute approximate surface area is 92.6 Å². The molecule has 86 valence electrons. The number of hydrogen-bond donors (Lipinski definition) is 1. The van der Waals surface area contributed by atoms with Crippen LogP contribution in [0.4, 0.5) is 5.82 Å². The molecule has 7 nitrogen and oxygen atoms in total. The van der Waals surface area contributed by atoms with Gasteiger partial charge in [-0.2, -0.15) is 4.98 Å². The molecule has 0 atom stereocenters. The van der Waals surface area contributed by atoms with E-state index in [1.54, 1.807) is 10.9 Å². The van der Waals surface area contributed by atoms with Crippen molar-refractivity contribution < 1.29 is 4.52 Å². The fourth-order valence-corrected chi connectivity index (χ4v) is 1.32. The summed E-state index contributed by atoms with van der Waals surface area (Å²) < 4.78 is 6.65. The molecule has 0 aliphatic rings. The lowest BCUT2D eigenvalue weighted by molar-refractivity contribution is 0.359. The zero-order valence-corrected chi connectivity index (χ0v) is 9.13. The summed E-state index contributed by atoms with van der Waals surface area (Å²) in [7, 11) is 0. The number of nitrogen functional groups attached to an aromatic ring is 1. The molecular formula is C9H14N6O. The molecule has 7 heteroatoms. The summed E-state index contributed by atoms with van der Waals surface area (Å²) in [6.07, 6.45) is 4.65. The van der Waals surface area contributed by atoms with Crippen LogP contribution in [0.15, 0.2) is 10.7 Å². The van der Waals surface area contributed by atoms with Gasteiger partial charge in [0.2, 0.25) is 5.89 Å². The van der Waals surface area contributed by atoms with E-state index in [1.807, 2.05) is 0 Å². The molecule has 0 aromatic carbocycles. The maximum atomic E-state index is 5.44. The van der Waals surface area contributed by atoms with Crippen LogP contribution in [0.5, 0.6) is 0 Å². The largest absolute Gasteiger partial charge is 0.381 e. The fraction of sp³-hybridized carbons (Fsp3) is 0.556. The molecule has 0 saturated heterocycles. The number of anilines is 1. The summed E-state index contributed by atoms with van der Waals surface area (Å²) in [6, 6.07) is 0. The second-order valence-corrected chi connectivity index (χ2v) is 3.55. The molecule has 0 radical (unpaired) electrons. The summed E-state index contributed by atoms with van der Waals surface area (Å²) >= 11 is 0. The maximum absolute atomic E-state index is 5.44. The lowest BCUT2D eigenvalue weighted by Gasteiger charge is -1.91. The number of nitrogens with two attached hydrogens (primary N) is 1. The van der Waals surface area contributed by atoms with Crippen LogP contribution >= 0.6 is 0 Å². The summed E-state index contributed by atoms with van der Waals surface area (Å²) in [5, 5.41) is 11.3. The molecular weight excluding hydrogens is 208 g/mol. The van der Waals surface area contributed by atoms with Gasteiger partial charge in [-0.15, -0.1) is 5.10 Å². The second kappa shape index (κ2) is 4.73. The van der Waals surface area contributed by atoms with Crippen LogP contribution in [-0.2, 0) is 13.0 Å². The number of aryl methyl sites for hydroxylation is 1. The molecule has 0 spiro atoms. The van der Waals surface area contributed by atoms with Gasteiger partial charge in [-0.3, -0.25) is 0 Å². The molecule has 0 saturated carbocycles. The van der Waals surface area contributed by atoms with Gasteiger partial charge < -0.3 is 10.3 Å². The van der Waals surface area contributed by atoms with Crippen LogP contribution in [0.25, 0.3) is 0 Å². The van der Waals surface area contributed by atoms with Crippen molar-refractivity contribution in [3.8, 4) is 0 Å². The molecule has 0 fully saturated rings. The van der Waals surface area contributed by atoms with Gasteiger partial charge in [-0.25, -0.2) is 4.68 Å². The SMILES string of the molecule is CCCCc1noc(Cn2cc(N)nn2)n1. The Morgan fingerprint density at radius 3 is 3.06 bits per heavy atom. The van der Waals surface area contributed by atoms with E-state index >= 15 is 0 Å². The molecule has 16 heavy (non-hydrogen) atoms. The Hall–Kier alpha value is -1.92. The van der Waals surface area contributed by atoms with Crippen LogP contribution in [0, 0.1) is 0 Å². The van der Waals surface area contributed by atoms with Crippen molar-refractivity contribution in [3.05, 3.63) is 17.9 Å². The van der Waals surface area contributed by atoms with Gasteiger partial charge >= 0.3 is 0 Å². The third-order valence-electron chi connectivity index (χ3n) is 2.12. The van der Waals surface area contributed by atoms with Gasteiger partial charge in [-0.1, -0.05) is 23.7 Å². The number of hydrogen-bond acceptors (Lipinski definition) is 6. The average molecular weight is 222 g/mol. The lowest BCUT2D eigenvalue weighted by atomic mass is 10.2. The van der Waals surface area contributed by atoms with Crippen LogP contribution < -0.4 is 5.73 Å². The van der Waals surface area contributed by atoms with Crippen LogP contribution in [0.2, 0.25) is 0 Å². The first kappa shape index (κ1) is 10.6. The lowest BCUT2D eigenvalue weighted by Crippen LogP contribution is -2.01. The van der Waals surface area contributed by atoms with Crippen molar-refractivity contribution >= 4 is 5.82 Å². The Morgan fingerprint density at radius 1 is 1.50 bits per heavy atom. The quantitative estimate of drug-likeness (QED) is 0.797. The molecule has 2 rings (SSSR count). The van der Waals surface area contributed by atoms with Crippen molar-refractivity contribution in [2.75, 3.05) is 5.73 Å². The normalized spacial score (nSPS) is 10.8. The van der Waals surface area contributed by atoms with Gasteiger partial charge in [0.05, 0.1) is 6.20 Å². The van der Waals surface area contributed by atoms with Gasteiger partial charge in [0.25, 0.3) is 0 Å². The predicted molar refractivity (Wildman–Crippen MR) is 56.4 cm³/mol. The van der Waals surface area contributed by atoms with Gasteiger partial charge in [-0.05, 0) is 6.42 Å². The van der Waals surface area contributed by atoms with E-state index in [0.717, 1.165) is 25.1 Å². The summed E-state index contributed by atoms with van der Waals surface area (Å²) in [4.78, 5) is 4.25. The molecule has 0 amide bonds. The highest BCUT2D eigenvalue weighted by molar-refractivity contribution is 5.19. The number of unbranched alkanes of at least 4 members (excludes halogenated alkanes) is 1. The Kier molecular flexibility index (Phi) is 3.13. The predicted octanol–water partition coefficient (Wildman–Crippen LogP) is 0.634. The van der Waals surface area contributed by atoms with Crippen molar-refractivity contribution in [2.45, 2.75) is 32.7 Å². The highest BCUT2D eigenvalue weighted by Gasteiger charge is 2.07. The number of nitrogens with zero attached hydrogens (tertiary/aromatic N) is 5. The highest BCUT2D eigenvalue weighted by Crippen LogP contribution is 2.04. The number of rotatable bonds is 5. The summed E-state index contributed by atoms with van der Waals surface area (Å²) in [5.74, 6) is 1.65. The Balaban J connectivity index is 1.97. The van der Waals surface area contributed by atoms with E-state index in [1.165, 1.54) is 0 Å². The zero-order valence-electron chi connectivity index (χ0n) is 9.13. The third kappa shape index (κ3) is 2.56. The van der Waals surface area contributed by atoms with Gasteiger partial charge in [0.1, 0.15) is 6.54 Å². The number of aromatic nitrogens is 5. The molecule has 2 aromatic rings. The van der Waals surface area contributed by atoms with Crippen molar-refractivity contribution in [2.24, 2.45) is 0 Å². The molecule has 0 aliphatic carbocycles. The molecule has 0 aliphatic heterocycles. The minimum absolute atomic E-state index is 0.380. The maximum Gasteiger partial charge on any atom is 0.248 e. The van der Waals surface area contributed by atoms with E-state index in [2.05, 4.69) is 27.4 Å². The third-order valence-corrected chi connectivity index (χ3v) is 2.12. The van der Waals surface area contributed by atoms with E-state index in [4.69, 9.17) is 10.3 Å². The van der Waals surface area contributed by atoms with E-state index in [0.29, 0.717) is 18.3 Å². The van der Waals surface area contributed by atoms with Crippen molar-refractivity contribution in [3.63, 3.8) is 0 Å². The Bertz CT molecular complexity index is 448. The van der Waals surface area contributed by atoms with Crippen molar-refractivity contribution in [1.82, 2.24) is 25.1 Å². The zero-order chi connectivity index (χ0) is 11.4. The van der Waals surface area contributed by atoms with Crippen LogP contribution in [-0.4, -0.2) is 25.1 Å². The molecule has 2 heterocycles. The molecule has 2 aromatic heterocycles. The molecule has 2 N–H and O–H groups in total. The van der Waals surface area contributed by atoms with E-state index in [-0.39, 0.29) is 0 Å². The summed E-state index contributed by atoms with van der Waals surface area (Å²) in [6.45, 7) is 2.53. The van der Waals surface area contributed by atoms with Gasteiger partial charge in [0.15, 0.2) is 11.6 Å². The summed E-state index contributed by atoms with van der Waals surface area (Å²) in [5.41, 5.74) is 5.44. The minimum atomic E-state index is 0.380. The van der Waals surface area contributed by atoms with Crippen LogP contribution in [0.3, 0.4) is 0 Å².